The lowest BCUT2D eigenvalue weighted by Crippen LogP contribution is -2.30. The van der Waals surface area contributed by atoms with E-state index in [2.05, 4.69) is 32.9 Å². The number of aliphatic hydroxyl groups is 1. The Hall–Kier alpha value is -5.10. The van der Waals surface area contributed by atoms with Gasteiger partial charge in [-0.2, -0.15) is 0 Å². The molecule has 1 aliphatic heterocycles. The molecule has 12 heteroatoms. The van der Waals surface area contributed by atoms with Gasteiger partial charge in [0.2, 0.25) is 5.91 Å². The normalized spacial score (nSPS) is 19.5. The fourth-order valence-electron chi connectivity index (χ4n) is 6.51. The van der Waals surface area contributed by atoms with Crippen molar-refractivity contribution in [3.63, 3.8) is 0 Å². The number of fused-ring (bicyclic) bond motifs is 2. The van der Waals surface area contributed by atoms with Gasteiger partial charge in [-0.1, -0.05) is 0 Å². The van der Waals surface area contributed by atoms with E-state index in [9.17, 15) is 14.7 Å². The summed E-state index contributed by atoms with van der Waals surface area (Å²) in [5.74, 6) is 1.55. The number of urea groups is 1. The van der Waals surface area contributed by atoms with Crippen LogP contribution in [0.4, 0.5) is 21.9 Å². The molecule has 0 spiro atoms. The first kappa shape index (κ1) is 30.2. The second-order valence-electron chi connectivity index (χ2n) is 14.1. The van der Waals surface area contributed by atoms with E-state index in [4.69, 9.17) is 9.97 Å². The van der Waals surface area contributed by atoms with Gasteiger partial charge in [0.15, 0.2) is 5.65 Å². The molecule has 1 saturated heterocycles. The monoisotopic (exact) mass is 645 g/mol. The smallest absolute Gasteiger partial charge is 0.331 e. The van der Waals surface area contributed by atoms with Gasteiger partial charge >= 0.3 is 6.03 Å². The number of aromatic nitrogens is 5. The van der Waals surface area contributed by atoms with E-state index in [0.29, 0.717) is 30.3 Å². The third kappa shape index (κ3) is 5.81. The maximum atomic E-state index is 12.9. The number of nitrogens with zero attached hydrogens (tertiary/aromatic N) is 7. The molecule has 1 aromatic carbocycles. The molecule has 0 bridgehead atoms. The standard InChI is InChI=1S/C36H39N9O3/c1-20-9-10-37-33(40-20)27-13-26(27)30-14-28(39-19-36(2,3)48)25-8-7-23(12-29(25)42-30)38-15-24-17-44-16-22(21-5-6-21)11-31(34(44)41-24)45-18-32(46)43(4)35(45)47/h7-12,14,16-17,21,26-27,38,48H,5-6,13,15,18-19H2,1-4H3,(H,39,42)/t26-,27-/m0/s1. The number of aryl methyl sites for hydroxylation is 1. The van der Waals surface area contributed by atoms with Crippen molar-refractivity contribution in [2.75, 3.05) is 35.7 Å². The quantitative estimate of drug-likeness (QED) is 0.172. The zero-order chi connectivity index (χ0) is 33.3. The molecule has 8 rings (SSSR count). The molecular formula is C36H39N9O3. The molecule has 0 radical (unpaired) electrons. The van der Waals surface area contributed by atoms with Crippen LogP contribution in [0.15, 0.2) is 55.0 Å². The molecule has 2 atom stereocenters. The molecule has 3 fully saturated rings. The largest absolute Gasteiger partial charge is 0.389 e. The number of benzene rings is 1. The van der Waals surface area contributed by atoms with Crippen molar-refractivity contribution in [1.82, 2.24) is 29.2 Å². The van der Waals surface area contributed by atoms with Gasteiger partial charge in [-0.25, -0.2) is 19.7 Å². The molecule has 5 aromatic rings. The van der Waals surface area contributed by atoms with Crippen LogP contribution in [0.2, 0.25) is 0 Å². The zero-order valence-corrected chi connectivity index (χ0v) is 27.6. The summed E-state index contributed by atoms with van der Waals surface area (Å²) < 4.78 is 1.98. The number of anilines is 3. The van der Waals surface area contributed by atoms with Crippen molar-refractivity contribution in [3.8, 4) is 0 Å². The van der Waals surface area contributed by atoms with Crippen LogP contribution >= 0.6 is 0 Å². The molecule has 2 saturated carbocycles. The Balaban J connectivity index is 1.08. The SMILES string of the molecule is Cc1ccnc([C@H]2C[C@@H]2c2cc(NCC(C)(C)O)c3ccc(NCc4cn5cc(C6CC6)cc(N6CC(=O)N(C)C6=O)c5n4)cc3n2)n1. The molecule has 5 heterocycles. The summed E-state index contributed by atoms with van der Waals surface area (Å²) in [6, 6.07) is 11.8. The van der Waals surface area contributed by atoms with Crippen LogP contribution in [0.5, 0.6) is 0 Å². The molecule has 246 valence electrons. The second-order valence-corrected chi connectivity index (χ2v) is 14.1. The van der Waals surface area contributed by atoms with Crippen LogP contribution in [0.25, 0.3) is 16.6 Å². The summed E-state index contributed by atoms with van der Waals surface area (Å²) in [6.07, 6.45) is 9.08. The molecule has 4 aromatic heterocycles. The van der Waals surface area contributed by atoms with E-state index < -0.39 is 5.60 Å². The fourth-order valence-corrected chi connectivity index (χ4v) is 6.51. The van der Waals surface area contributed by atoms with Gasteiger partial charge in [0.1, 0.15) is 12.4 Å². The van der Waals surface area contributed by atoms with E-state index >= 15 is 0 Å². The first-order valence-corrected chi connectivity index (χ1v) is 16.5. The maximum Gasteiger partial charge on any atom is 0.331 e. The number of nitrogens with one attached hydrogen (secondary N) is 2. The highest BCUT2D eigenvalue weighted by molar-refractivity contribution is 6.13. The lowest BCUT2D eigenvalue weighted by Gasteiger charge is -2.20. The van der Waals surface area contributed by atoms with Gasteiger partial charge in [-0.15, -0.1) is 0 Å². The second kappa shape index (κ2) is 11.3. The number of carbonyl (C=O) groups is 2. The third-order valence-corrected chi connectivity index (χ3v) is 9.46. The van der Waals surface area contributed by atoms with Gasteiger partial charge in [0.25, 0.3) is 0 Å². The van der Waals surface area contributed by atoms with Crippen LogP contribution in [-0.4, -0.2) is 72.0 Å². The highest BCUT2D eigenvalue weighted by atomic mass is 16.3. The van der Waals surface area contributed by atoms with E-state index in [0.717, 1.165) is 74.9 Å². The van der Waals surface area contributed by atoms with E-state index in [1.54, 1.807) is 13.8 Å². The Labute approximate surface area is 278 Å². The molecule has 2 aliphatic carbocycles. The number of hydrogen-bond acceptors (Lipinski definition) is 9. The van der Waals surface area contributed by atoms with Gasteiger partial charge in [0.05, 0.1) is 29.0 Å². The number of imide groups is 1. The van der Waals surface area contributed by atoms with Crippen LogP contribution in [0.1, 0.15) is 79.3 Å². The average molecular weight is 646 g/mol. The van der Waals surface area contributed by atoms with Crippen molar-refractivity contribution in [2.24, 2.45) is 0 Å². The number of likely N-dealkylation sites (N-methyl/N-ethyl adjacent to an activating group) is 1. The summed E-state index contributed by atoms with van der Waals surface area (Å²) >= 11 is 0. The highest BCUT2D eigenvalue weighted by Gasteiger charge is 2.43. The Morgan fingerprint density at radius 1 is 1.00 bits per heavy atom. The minimum absolute atomic E-state index is 0.0118. The zero-order valence-electron chi connectivity index (χ0n) is 27.6. The number of amides is 3. The summed E-state index contributed by atoms with van der Waals surface area (Å²) in [4.78, 5) is 47.2. The number of rotatable bonds is 10. The van der Waals surface area contributed by atoms with Crippen molar-refractivity contribution in [2.45, 2.75) is 69.9 Å². The first-order chi connectivity index (χ1) is 23.0. The Morgan fingerprint density at radius 2 is 1.83 bits per heavy atom. The minimum atomic E-state index is -0.879. The lowest BCUT2D eigenvalue weighted by molar-refractivity contribution is -0.123. The van der Waals surface area contributed by atoms with Crippen molar-refractivity contribution < 1.29 is 14.7 Å². The molecule has 3 N–H and O–H groups in total. The van der Waals surface area contributed by atoms with Crippen LogP contribution in [0, 0.1) is 6.92 Å². The van der Waals surface area contributed by atoms with E-state index in [-0.39, 0.29) is 30.3 Å². The molecule has 3 amide bonds. The molecule has 0 unspecified atom stereocenters. The van der Waals surface area contributed by atoms with E-state index in [1.807, 2.05) is 54.0 Å². The third-order valence-electron chi connectivity index (χ3n) is 9.46. The predicted molar refractivity (Wildman–Crippen MR) is 183 cm³/mol. The summed E-state index contributed by atoms with van der Waals surface area (Å²) in [5, 5.41) is 18.4. The fraction of sp³-hybridized carbons (Fsp3) is 0.389. The Bertz CT molecular complexity index is 2100. The van der Waals surface area contributed by atoms with Gasteiger partial charge < -0.3 is 20.1 Å². The number of imidazole rings is 1. The number of pyridine rings is 2. The Kier molecular flexibility index (Phi) is 7.09. The first-order valence-electron chi connectivity index (χ1n) is 16.5. The topological polar surface area (TPSA) is 141 Å². The van der Waals surface area contributed by atoms with Crippen molar-refractivity contribution in [1.29, 1.82) is 0 Å². The Morgan fingerprint density at radius 3 is 2.56 bits per heavy atom. The van der Waals surface area contributed by atoms with Crippen molar-refractivity contribution >= 4 is 45.6 Å². The lowest BCUT2D eigenvalue weighted by atomic mass is 10.1. The van der Waals surface area contributed by atoms with E-state index in [1.165, 1.54) is 11.9 Å². The maximum absolute atomic E-state index is 12.9. The van der Waals surface area contributed by atoms with Gasteiger partial charge in [-0.05, 0) is 87.9 Å². The van der Waals surface area contributed by atoms with Gasteiger partial charge in [0, 0.05) is 72.2 Å². The molecule has 3 aliphatic rings. The summed E-state index contributed by atoms with van der Waals surface area (Å²) in [5.41, 5.74) is 7.01. The summed E-state index contributed by atoms with van der Waals surface area (Å²) in [6.45, 7) is 6.42. The predicted octanol–water partition coefficient (Wildman–Crippen LogP) is 5.32. The summed E-state index contributed by atoms with van der Waals surface area (Å²) in [7, 11) is 1.52. The average Bonchev–Trinajstić information content (AvgIpc) is 3.99. The van der Waals surface area contributed by atoms with Gasteiger partial charge in [-0.3, -0.25) is 19.6 Å². The van der Waals surface area contributed by atoms with Crippen LogP contribution in [-0.2, 0) is 11.3 Å². The minimum Gasteiger partial charge on any atom is -0.389 e. The highest BCUT2D eigenvalue weighted by Crippen LogP contribution is 2.53. The van der Waals surface area contributed by atoms with Crippen LogP contribution in [0.3, 0.4) is 0 Å². The van der Waals surface area contributed by atoms with Crippen LogP contribution < -0.4 is 15.5 Å². The molecule has 48 heavy (non-hydrogen) atoms. The number of carbonyl (C=O) groups excluding carboxylic acids is 2. The molecule has 12 nitrogen and oxygen atoms in total. The number of hydrogen-bond donors (Lipinski definition) is 3. The van der Waals surface area contributed by atoms with Crippen molar-refractivity contribution in [3.05, 3.63) is 83.5 Å². The molecular weight excluding hydrogens is 606 g/mol.